The van der Waals surface area contributed by atoms with E-state index in [1.54, 1.807) is 12.1 Å². The Morgan fingerprint density at radius 2 is 1.59 bits per heavy atom. The van der Waals surface area contributed by atoms with Crippen LogP contribution in [-0.2, 0) is 6.42 Å². The average Bonchev–Trinajstić information content (AvgIpc) is 2.88. The number of aromatic carboxylic acids is 1. The van der Waals surface area contributed by atoms with Gasteiger partial charge in [0.15, 0.2) is 0 Å². The van der Waals surface area contributed by atoms with E-state index < -0.39 is 5.97 Å². The highest BCUT2D eigenvalue weighted by molar-refractivity contribution is 6.01. The number of aliphatic imine (C=N–C) groups is 1. The van der Waals surface area contributed by atoms with Gasteiger partial charge >= 0.3 is 5.97 Å². The lowest BCUT2D eigenvalue weighted by Gasteiger charge is -2.34. The maximum atomic E-state index is 10.3. The summed E-state index contributed by atoms with van der Waals surface area (Å²) in [6.45, 7) is 2.19. The lowest BCUT2D eigenvalue weighted by molar-refractivity contribution is 0.0693. The van der Waals surface area contributed by atoms with Crippen molar-refractivity contribution in [2.75, 3.05) is 0 Å². The number of nitrogens with zero attached hydrogens (tertiary/aromatic N) is 1. The smallest absolute Gasteiger partial charge is 0.339 e. The highest BCUT2D eigenvalue weighted by Crippen LogP contribution is 2.37. The molecule has 0 bridgehead atoms. The quantitative estimate of drug-likeness (QED) is 0.726. The molecule has 0 aromatic heterocycles. The Morgan fingerprint density at radius 1 is 0.963 bits per heavy atom. The fourth-order valence-electron chi connectivity index (χ4n) is 4.17. The van der Waals surface area contributed by atoms with E-state index in [4.69, 9.17) is 15.2 Å². The minimum atomic E-state index is -1.11. The Balaban J connectivity index is 0.000000180. The van der Waals surface area contributed by atoms with Gasteiger partial charge in [0.25, 0.3) is 0 Å². The first-order valence-electron chi connectivity index (χ1n) is 9.67. The van der Waals surface area contributed by atoms with Gasteiger partial charge in [0.05, 0.1) is 5.54 Å². The molecular formula is C23H27NO3. The van der Waals surface area contributed by atoms with Gasteiger partial charge in [-0.1, -0.05) is 62.1 Å². The number of para-hydroxylation sites is 1. The van der Waals surface area contributed by atoms with Crippen molar-refractivity contribution in [3.8, 4) is 5.75 Å². The number of hydrogen-bond acceptors (Lipinski definition) is 3. The highest BCUT2D eigenvalue weighted by Gasteiger charge is 2.34. The molecule has 1 spiro atoms. The normalized spacial score (nSPS) is 17.7. The number of benzene rings is 2. The van der Waals surface area contributed by atoms with Crippen molar-refractivity contribution >= 4 is 11.7 Å². The van der Waals surface area contributed by atoms with Crippen molar-refractivity contribution in [3.05, 3.63) is 65.2 Å². The second-order valence-electron chi connectivity index (χ2n) is 7.49. The molecule has 1 aliphatic carbocycles. The molecule has 0 unspecified atom stereocenters. The first-order valence-corrected chi connectivity index (χ1v) is 9.67. The van der Waals surface area contributed by atoms with E-state index in [1.807, 2.05) is 0 Å². The Hall–Kier alpha value is -2.62. The van der Waals surface area contributed by atoms with Crippen LogP contribution >= 0.6 is 0 Å². The molecule has 2 N–H and O–H groups in total. The molecule has 142 valence electrons. The summed E-state index contributed by atoms with van der Waals surface area (Å²) < 4.78 is 0. The maximum Gasteiger partial charge on any atom is 0.339 e. The van der Waals surface area contributed by atoms with Crippen LogP contribution in [0.2, 0.25) is 0 Å². The minimum absolute atomic E-state index is 0.0671. The lowest BCUT2D eigenvalue weighted by atomic mass is 9.80. The number of hydrogen-bond donors (Lipinski definition) is 2. The molecular weight excluding hydrogens is 338 g/mol. The number of carbonyl (C=O) groups is 1. The predicted molar refractivity (Wildman–Crippen MR) is 108 cm³/mol. The molecule has 1 heterocycles. The molecule has 0 radical (unpaired) electrons. The number of carboxylic acid groups (broad SMARTS) is 1. The van der Waals surface area contributed by atoms with E-state index in [9.17, 15) is 4.79 Å². The molecule has 1 saturated carbocycles. The van der Waals surface area contributed by atoms with Gasteiger partial charge in [0, 0.05) is 5.71 Å². The molecule has 0 saturated heterocycles. The van der Waals surface area contributed by atoms with Crippen LogP contribution in [0.1, 0.15) is 66.9 Å². The minimum Gasteiger partial charge on any atom is -0.507 e. The van der Waals surface area contributed by atoms with Crippen molar-refractivity contribution in [2.24, 2.45) is 4.99 Å². The van der Waals surface area contributed by atoms with Gasteiger partial charge in [-0.2, -0.15) is 0 Å². The summed E-state index contributed by atoms with van der Waals surface area (Å²) >= 11 is 0. The highest BCUT2D eigenvalue weighted by atomic mass is 16.4. The zero-order valence-corrected chi connectivity index (χ0v) is 15.8. The van der Waals surface area contributed by atoms with Gasteiger partial charge in [-0.25, -0.2) is 4.79 Å². The zero-order chi connectivity index (χ0) is 19.3. The second-order valence-corrected chi connectivity index (χ2v) is 7.49. The van der Waals surface area contributed by atoms with Crippen LogP contribution < -0.4 is 0 Å². The van der Waals surface area contributed by atoms with Crippen LogP contribution in [0.4, 0.5) is 0 Å². The lowest BCUT2D eigenvalue weighted by Crippen LogP contribution is -2.34. The van der Waals surface area contributed by atoms with Gasteiger partial charge in [-0.15, -0.1) is 0 Å². The summed E-state index contributed by atoms with van der Waals surface area (Å²) in [4.78, 5) is 15.4. The van der Waals surface area contributed by atoms with Gasteiger partial charge in [0.2, 0.25) is 0 Å². The number of aromatic hydroxyl groups is 1. The third-order valence-electron chi connectivity index (χ3n) is 5.50. The molecule has 0 atom stereocenters. The van der Waals surface area contributed by atoms with E-state index in [0.29, 0.717) is 0 Å². The van der Waals surface area contributed by atoms with Crippen molar-refractivity contribution in [1.29, 1.82) is 0 Å². The Morgan fingerprint density at radius 3 is 2.22 bits per heavy atom. The average molecular weight is 365 g/mol. The third-order valence-corrected chi connectivity index (χ3v) is 5.50. The summed E-state index contributed by atoms with van der Waals surface area (Å²) in [5.41, 5.74) is 4.33. The molecule has 2 aliphatic rings. The largest absolute Gasteiger partial charge is 0.507 e. The summed E-state index contributed by atoms with van der Waals surface area (Å²) in [6, 6.07) is 14.6. The van der Waals surface area contributed by atoms with Crippen molar-refractivity contribution in [3.63, 3.8) is 0 Å². The van der Waals surface area contributed by atoms with Crippen LogP contribution in [0.15, 0.2) is 53.5 Å². The number of rotatable bonds is 1. The predicted octanol–water partition coefficient (Wildman–Crippen LogP) is 5.24. The van der Waals surface area contributed by atoms with Crippen molar-refractivity contribution in [1.82, 2.24) is 0 Å². The SMILES string of the molecule is CC1=NC2(CCCCCC2)Cc2ccccc21.O=C(O)c1ccccc1O. The molecule has 1 fully saturated rings. The van der Waals surface area contributed by atoms with Gasteiger partial charge in [-0.3, -0.25) is 4.99 Å². The summed E-state index contributed by atoms with van der Waals surface area (Å²) in [6.07, 6.45) is 9.27. The number of phenols is 1. The Labute approximate surface area is 160 Å². The number of carboxylic acids is 1. The van der Waals surface area contributed by atoms with E-state index in [-0.39, 0.29) is 16.9 Å². The van der Waals surface area contributed by atoms with Crippen molar-refractivity contribution < 1.29 is 15.0 Å². The number of fused-ring (bicyclic) bond motifs is 1. The molecule has 1 aliphatic heterocycles. The summed E-state index contributed by atoms with van der Waals surface area (Å²) in [5, 5.41) is 17.3. The first-order chi connectivity index (χ1) is 13.0. The topological polar surface area (TPSA) is 69.9 Å². The van der Waals surface area contributed by atoms with Crippen LogP contribution in [-0.4, -0.2) is 27.4 Å². The second kappa shape index (κ2) is 8.38. The van der Waals surface area contributed by atoms with Crippen molar-refractivity contribution in [2.45, 2.75) is 57.4 Å². The summed E-state index contributed by atoms with van der Waals surface area (Å²) in [7, 11) is 0. The van der Waals surface area contributed by atoms with E-state index >= 15 is 0 Å². The monoisotopic (exact) mass is 365 g/mol. The zero-order valence-electron chi connectivity index (χ0n) is 15.8. The molecule has 4 nitrogen and oxygen atoms in total. The molecule has 2 aromatic carbocycles. The standard InChI is InChI=1S/C16H21N.C7H6O3/c1-13-15-9-5-4-8-14(15)12-16(17-13)10-6-2-3-7-11-16;8-6-4-2-1-3-5(6)7(9)10/h4-5,8-9H,2-3,6-7,10-12H2,1H3;1-4,8H,(H,9,10). The van der Waals surface area contributed by atoms with E-state index in [2.05, 4.69) is 31.2 Å². The Bertz CT molecular complexity index is 833. The van der Waals surface area contributed by atoms with Gasteiger partial charge < -0.3 is 10.2 Å². The first kappa shape index (κ1) is 19.2. The maximum absolute atomic E-state index is 10.3. The molecule has 4 rings (SSSR count). The molecule has 0 amide bonds. The van der Waals surface area contributed by atoms with Gasteiger partial charge in [0.1, 0.15) is 11.3 Å². The van der Waals surface area contributed by atoms with Crippen LogP contribution in [0.25, 0.3) is 0 Å². The van der Waals surface area contributed by atoms with E-state index in [0.717, 1.165) is 0 Å². The van der Waals surface area contributed by atoms with E-state index in [1.165, 1.54) is 73.9 Å². The van der Waals surface area contributed by atoms with Gasteiger partial charge in [-0.05, 0) is 49.4 Å². The molecule has 27 heavy (non-hydrogen) atoms. The van der Waals surface area contributed by atoms with Crippen LogP contribution in [0.3, 0.4) is 0 Å². The molecule has 2 aromatic rings. The fourth-order valence-corrected chi connectivity index (χ4v) is 4.17. The van der Waals surface area contributed by atoms with Crippen LogP contribution in [0, 0.1) is 0 Å². The molecule has 4 heteroatoms. The Kier molecular flexibility index (Phi) is 5.94. The summed E-state index contributed by atoms with van der Waals surface area (Å²) in [5.74, 6) is -1.31. The van der Waals surface area contributed by atoms with Crippen LogP contribution in [0.5, 0.6) is 5.75 Å². The third kappa shape index (κ3) is 4.57. The fraction of sp³-hybridized carbons (Fsp3) is 0.391.